The molecule has 3 aromatic rings. The molecule has 0 bridgehead atoms. The predicted octanol–water partition coefficient (Wildman–Crippen LogP) is 3.14. The number of nitrogens with zero attached hydrogens (tertiary/aromatic N) is 4. The van der Waals surface area contributed by atoms with Crippen LogP contribution in [0, 0.1) is 13.8 Å². The minimum atomic E-state index is 0.408. The Kier molecular flexibility index (Phi) is 2.95. The maximum absolute atomic E-state index is 5.73. The fraction of sp³-hybridized carbons (Fsp3) is 0.214. The summed E-state index contributed by atoms with van der Waals surface area (Å²) in [5.41, 5.74) is 5.49. The van der Waals surface area contributed by atoms with E-state index in [9.17, 15) is 0 Å². The smallest absolute Gasteiger partial charge is 0.151 e. The summed E-state index contributed by atoms with van der Waals surface area (Å²) in [6.07, 6.45) is 1.83. The van der Waals surface area contributed by atoms with Crippen molar-refractivity contribution in [3.63, 3.8) is 0 Å². The number of fused-ring (bicyclic) bond motifs is 1. The maximum Gasteiger partial charge on any atom is 0.151 e. The first-order valence-corrected chi connectivity index (χ1v) is 6.41. The van der Waals surface area contributed by atoms with Crippen molar-refractivity contribution in [3.05, 3.63) is 52.6 Å². The topological polar surface area (TPSA) is 43.6 Å². The van der Waals surface area contributed by atoms with Crippen molar-refractivity contribution in [2.24, 2.45) is 0 Å². The van der Waals surface area contributed by atoms with E-state index in [1.165, 1.54) is 11.1 Å². The second kappa shape index (κ2) is 4.63. The first kappa shape index (κ1) is 12.1. The summed E-state index contributed by atoms with van der Waals surface area (Å²) in [5.74, 6) is 0. The van der Waals surface area contributed by atoms with Gasteiger partial charge >= 0.3 is 0 Å². The molecule has 0 amide bonds. The van der Waals surface area contributed by atoms with Crippen LogP contribution in [0.25, 0.3) is 11.0 Å². The van der Waals surface area contributed by atoms with Crippen molar-refractivity contribution < 1.29 is 0 Å². The molecular weight excluding hydrogens is 260 g/mol. The lowest BCUT2D eigenvalue weighted by Gasteiger charge is -2.05. The van der Waals surface area contributed by atoms with Gasteiger partial charge in [0, 0.05) is 0 Å². The fourth-order valence-corrected chi connectivity index (χ4v) is 2.14. The van der Waals surface area contributed by atoms with Gasteiger partial charge in [0.2, 0.25) is 0 Å². The molecule has 0 aliphatic rings. The second-order valence-corrected chi connectivity index (χ2v) is 5.03. The van der Waals surface area contributed by atoms with Crippen molar-refractivity contribution in [1.29, 1.82) is 0 Å². The van der Waals surface area contributed by atoms with E-state index in [1.807, 2.05) is 12.4 Å². The number of hydrogen-bond acceptors (Lipinski definition) is 3. The van der Waals surface area contributed by atoms with Gasteiger partial charge in [-0.3, -0.25) is 0 Å². The number of hydrogen-bond donors (Lipinski definition) is 0. The van der Waals surface area contributed by atoms with Gasteiger partial charge in [-0.25, -0.2) is 4.98 Å². The molecule has 2 heterocycles. The predicted molar refractivity (Wildman–Crippen MR) is 75.4 cm³/mol. The van der Waals surface area contributed by atoms with Gasteiger partial charge in [0.05, 0.1) is 29.6 Å². The van der Waals surface area contributed by atoms with E-state index >= 15 is 0 Å². The lowest BCUT2D eigenvalue weighted by Crippen LogP contribution is -2.01. The van der Waals surface area contributed by atoms with E-state index in [0.717, 1.165) is 16.7 Å². The number of imidazole rings is 1. The molecule has 0 saturated carbocycles. The molecule has 0 spiro atoms. The summed E-state index contributed by atoms with van der Waals surface area (Å²) in [4.78, 5) is 4.42. The number of rotatable bonds is 2. The van der Waals surface area contributed by atoms with E-state index in [-0.39, 0.29) is 0 Å². The standard InChI is InChI=1S/C14H13ClN4/c1-9-5-12-13(6-10(9)2)19(8-16-12)7-11-3-4-14(15)18-17-11/h3-6,8H,7H2,1-2H3. The highest BCUT2D eigenvalue weighted by Crippen LogP contribution is 2.19. The van der Waals surface area contributed by atoms with Crippen LogP contribution in [0.5, 0.6) is 0 Å². The van der Waals surface area contributed by atoms with Gasteiger partial charge in [0.15, 0.2) is 5.15 Å². The van der Waals surface area contributed by atoms with E-state index in [2.05, 4.69) is 45.7 Å². The third-order valence-electron chi connectivity index (χ3n) is 3.26. The average molecular weight is 273 g/mol. The Bertz CT molecular complexity index is 731. The van der Waals surface area contributed by atoms with Crippen molar-refractivity contribution in [2.45, 2.75) is 20.4 Å². The first-order valence-electron chi connectivity index (χ1n) is 6.03. The largest absolute Gasteiger partial charge is 0.324 e. The zero-order valence-corrected chi connectivity index (χ0v) is 11.5. The summed E-state index contributed by atoms with van der Waals surface area (Å²) >= 11 is 5.73. The summed E-state index contributed by atoms with van der Waals surface area (Å²) < 4.78 is 2.07. The normalized spacial score (nSPS) is 11.1. The molecule has 3 rings (SSSR count). The van der Waals surface area contributed by atoms with Crippen LogP contribution in [0.1, 0.15) is 16.8 Å². The van der Waals surface area contributed by atoms with Gasteiger partial charge in [-0.05, 0) is 49.2 Å². The van der Waals surface area contributed by atoms with E-state index < -0.39 is 0 Å². The highest BCUT2D eigenvalue weighted by Gasteiger charge is 2.06. The van der Waals surface area contributed by atoms with Crippen molar-refractivity contribution in [2.75, 3.05) is 0 Å². The molecule has 0 fully saturated rings. The third kappa shape index (κ3) is 2.31. The Morgan fingerprint density at radius 1 is 1.11 bits per heavy atom. The third-order valence-corrected chi connectivity index (χ3v) is 3.46. The highest BCUT2D eigenvalue weighted by atomic mass is 35.5. The number of benzene rings is 1. The summed E-state index contributed by atoms with van der Waals surface area (Å²) in [5, 5.41) is 8.33. The molecule has 0 N–H and O–H groups in total. The van der Waals surface area contributed by atoms with Crippen LogP contribution >= 0.6 is 11.6 Å². The molecule has 96 valence electrons. The van der Waals surface area contributed by atoms with E-state index in [1.54, 1.807) is 6.07 Å². The van der Waals surface area contributed by atoms with Gasteiger partial charge in [0.25, 0.3) is 0 Å². The van der Waals surface area contributed by atoms with E-state index in [0.29, 0.717) is 11.7 Å². The Hall–Kier alpha value is -1.94. The van der Waals surface area contributed by atoms with Gasteiger partial charge in [-0.1, -0.05) is 11.6 Å². The van der Waals surface area contributed by atoms with Gasteiger partial charge in [0.1, 0.15) is 0 Å². The van der Waals surface area contributed by atoms with Gasteiger partial charge < -0.3 is 4.57 Å². The monoisotopic (exact) mass is 272 g/mol. The molecule has 0 atom stereocenters. The van der Waals surface area contributed by atoms with E-state index in [4.69, 9.17) is 11.6 Å². The Balaban J connectivity index is 2.01. The molecule has 0 saturated heterocycles. The molecule has 5 heteroatoms. The molecule has 2 aromatic heterocycles. The molecule has 1 aromatic carbocycles. The molecule has 4 nitrogen and oxygen atoms in total. The lowest BCUT2D eigenvalue weighted by atomic mass is 10.1. The van der Waals surface area contributed by atoms with Crippen LogP contribution in [0.15, 0.2) is 30.6 Å². The summed E-state index contributed by atoms with van der Waals surface area (Å²) in [6.45, 7) is 4.84. The molecule has 0 unspecified atom stereocenters. The maximum atomic E-state index is 5.73. The van der Waals surface area contributed by atoms with Crippen LogP contribution in [0.3, 0.4) is 0 Å². The Morgan fingerprint density at radius 3 is 2.63 bits per heavy atom. The Morgan fingerprint density at radius 2 is 1.89 bits per heavy atom. The second-order valence-electron chi connectivity index (χ2n) is 4.65. The minimum absolute atomic E-state index is 0.408. The zero-order chi connectivity index (χ0) is 13.4. The molecular formula is C14H13ClN4. The van der Waals surface area contributed by atoms with Crippen molar-refractivity contribution in [3.8, 4) is 0 Å². The van der Waals surface area contributed by atoms with Crippen LogP contribution in [0.2, 0.25) is 5.15 Å². The Labute approximate surface area is 116 Å². The quantitative estimate of drug-likeness (QED) is 0.720. The number of aromatic nitrogens is 4. The van der Waals surface area contributed by atoms with Crippen molar-refractivity contribution in [1.82, 2.24) is 19.7 Å². The average Bonchev–Trinajstić information content (AvgIpc) is 2.76. The zero-order valence-electron chi connectivity index (χ0n) is 10.8. The van der Waals surface area contributed by atoms with Gasteiger partial charge in [-0.2, -0.15) is 5.10 Å². The number of aryl methyl sites for hydroxylation is 2. The lowest BCUT2D eigenvalue weighted by molar-refractivity contribution is 0.772. The summed E-state index contributed by atoms with van der Waals surface area (Å²) in [7, 11) is 0. The van der Waals surface area contributed by atoms with Gasteiger partial charge in [-0.15, -0.1) is 5.10 Å². The fourth-order valence-electron chi connectivity index (χ4n) is 2.04. The molecule has 0 radical (unpaired) electrons. The molecule has 0 aliphatic carbocycles. The minimum Gasteiger partial charge on any atom is -0.324 e. The van der Waals surface area contributed by atoms with Crippen LogP contribution < -0.4 is 0 Å². The molecule has 19 heavy (non-hydrogen) atoms. The van der Waals surface area contributed by atoms with Crippen LogP contribution in [0.4, 0.5) is 0 Å². The SMILES string of the molecule is Cc1cc2ncn(Cc3ccc(Cl)nn3)c2cc1C. The van der Waals surface area contributed by atoms with Crippen molar-refractivity contribution >= 4 is 22.6 Å². The molecule has 0 aliphatic heterocycles. The summed E-state index contributed by atoms with van der Waals surface area (Å²) in [6, 6.07) is 7.89. The first-order chi connectivity index (χ1) is 9.13. The van der Waals surface area contributed by atoms with Crippen LogP contribution in [-0.2, 0) is 6.54 Å². The highest BCUT2D eigenvalue weighted by molar-refractivity contribution is 6.29. The van der Waals surface area contributed by atoms with Crippen LogP contribution in [-0.4, -0.2) is 19.7 Å². The number of halogens is 1.